The molecular formula is C15H11Cl2N3OS2. The third-order valence-electron chi connectivity index (χ3n) is 3.10. The lowest BCUT2D eigenvalue weighted by molar-refractivity contribution is -0.118. The minimum Gasteiger partial charge on any atom is -0.303 e. The van der Waals surface area contributed by atoms with E-state index in [-0.39, 0.29) is 11.2 Å². The molecule has 0 unspecified atom stereocenters. The molecule has 0 spiro atoms. The number of halogens is 2. The zero-order chi connectivity index (χ0) is 16.2. The smallest absolute Gasteiger partial charge is 0.239 e. The van der Waals surface area contributed by atoms with Crippen molar-refractivity contribution in [3.05, 3.63) is 56.2 Å². The van der Waals surface area contributed by atoms with E-state index in [0.29, 0.717) is 21.6 Å². The first kappa shape index (κ1) is 16.5. The minimum absolute atomic E-state index is 0.115. The quantitative estimate of drug-likeness (QED) is 0.634. The van der Waals surface area contributed by atoms with Crippen LogP contribution < -0.4 is 5.32 Å². The van der Waals surface area contributed by atoms with Crippen molar-refractivity contribution in [3.63, 3.8) is 0 Å². The first-order chi connectivity index (χ1) is 11.1. The van der Waals surface area contributed by atoms with Gasteiger partial charge in [-0.15, -0.1) is 16.4 Å². The molecule has 0 saturated carbocycles. The zero-order valence-electron chi connectivity index (χ0n) is 11.7. The minimum atomic E-state index is -0.317. The second-order valence-corrected chi connectivity index (χ2v) is 7.65. The van der Waals surface area contributed by atoms with Crippen molar-refractivity contribution in [1.82, 2.24) is 5.32 Å². The SMILES string of the molecule is O=C1N/C(=N\N=C/c2cccs2)S[C@H]1Cc1c(Cl)cccc1Cl. The molecule has 1 aliphatic rings. The number of benzene rings is 1. The Morgan fingerprint density at radius 3 is 2.70 bits per heavy atom. The molecule has 8 heteroatoms. The van der Waals surface area contributed by atoms with Gasteiger partial charge in [0.25, 0.3) is 0 Å². The van der Waals surface area contributed by atoms with Gasteiger partial charge in [0.2, 0.25) is 5.91 Å². The van der Waals surface area contributed by atoms with Gasteiger partial charge in [0.15, 0.2) is 5.17 Å². The number of hydrogen-bond donors (Lipinski definition) is 1. The van der Waals surface area contributed by atoms with Crippen LogP contribution >= 0.6 is 46.3 Å². The molecule has 1 fully saturated rings. The van der Waals surface area contributed by atoms with E-state index in [1.807, 2.05) is 17.5 Å². The summed E-state index contributed by atoms with van der Waals surface area (Å²) < 4.78 is 0. The molecule has 0 aliphatic carbocycles. The van der Waals surface area contributed by atoms with Crippen LogP contribution in [-0.4, -0.2) is 22.5 Å². The number of carbonyl (C=O) groups excluding carboxylic acids is 1. The number of carbonyl (C=O) groups is 1. The van der Waals surface area contributed by atoms with Gasteiger partial charge in [-0.05, 0) is 35.6 Å². The van der Waals surface area contributed by atoms with Crippen LogP contribution in [-0.2, 0) is 11.2 Å². The zero-order valence-corrected chi connectivity index (χ0v) is 14.8. The molecular weight excluding hydrogens is 373 g/mol. The van der Waals surface area contributed by atoms with Crippen LogP contribution in [0.3, 0.4) is 0 Å². The third kappa shape index (κ3) is 4.14. The van der Waals surface area contributed by atoms with Gasteiger partial charge in [-0.3, -0.25) is 4.79 Å². The summed E-state index contributed by atoms with van der Waals surface area (Å²) in [5.74, 6) is -0.115. The average molecular weight is 384 g/mol. The highest BCUT2D eigenvalue weighted by Crippen LogP contribution is 2.30. The predicted octanol–water partition coefficient (Wildman–Crippen LogP) is 4.22. The van der Waals surface area contributed by atoms with E-state index in [1.54, 1.807) is 35.8 Å². The third-order valence-corrected chi connectivity index (χ3v) is 5.69. The van der Waals surface area contributed by atoms with Gasteiger partial charge in [-0.1, -0.05) is 47.1 Å². The van der Waals surface area contributed by atoms with Crippen molar-refractivity contribution in [2.75, 3.05) is 0 Å². The molecule has 23 heavy (non-hydrogen) atoms. The Morgan fingerprint density at radius 2 is 2.00 bits per heavy atom. The number of amides is 1. The number of nitrogens with zero attached hydrogens (tertiary/aromatic N) is 2. The molecule has 4 nitrogen and oxygen atoms in total. The van der Waals surface area contributed by atoms with Gasteiger partial charge in [-0.2, -0.15) is 5.10 Å². The lowest BCUT2D eigenvalue weighted by atomic mass is 10.1. The summed E-state index contributed by atoms with van der Waals surface area (Å²) in [6.07, 6.45) is 2.10. The molecule has 3 rings (SSSR count). The second kappa shape index (κ2) is 7.49. The molecule has 1 aromatic carbocycles. The number of thiophene rings is 1. The molecule has 0 bridgehead atoms. The summed E-state index contributed by atoms with van der Waals surface area (Å²) in [6, 6.07) is 9.19. The van der Waals surface area contributed by atoms with Crippen LogP contribution in [0.2, 0.25) is 10.0 Å². The van der Waals surface area contributed by atoms with Crippen LogP contribution in [0.1, 0.15) is 10.4 Å². The van der Waals surface area contributed by atoms with Gasteiger partial charge in [0.1, 0.15) is 0 Å². The largest absolute Gasteiger partial charge is 0.303 e. The summed E-state index contributed by atoms with van der Waals surface area (Å²) in [5.41, 5.74) is 0.770. The summed E-state index contributed by atoms with van der Waals surface area (Å²) in [7, 11) is 0. The van der Waals surface area contributed by atoms with E-state index >= 15 is 0 Å². The second-order valence-electron chi connectivity index (χ2n) is 4.67. The predicted molar refractivity (Wildman–Crippen MR) is 99.0 cm³/mol. The summed E-state index contributed by atoms with van der Waals surface area (Å²) >= 11 is 15.2. The van der Waals surface area contributed by atoms with E-state index < -0.39 is 0 Å². The van der Waals surface area contributed by atoms with Crippen molar-refractivity contribution < 1.29 is 4.79 Å². The summed E-state index contributed by atoms with van der Waals surface area (Å²) in [6.45, 7) is 0. The molecule has 1 saturated heterocycles. The first-order valence-corrected chi connectivity index (χ1v) is 9.20. The summed E-state index contributed by atoms with van der Waals surface area (Å²) in [4.78, 5) is 13.1. The fourth-order valence-corrected chi connectivity index (χ4v) is 4.07. The van der Waals surface area contributed by atoms with Gasteiger partial charge < -0.3 is 5.32 Å². The lowest BCUT2D eigenvalue weighted by Gasteiger charge is -2.09. The van der Waals surface area contributed by atoms with Crippen LogP contribution in [0.5, 0.6) is 0 Å². The van der Waals surface area contributed by atoms with Gasteiger partial charge in [0.05, 0.1) is 11.5 Å². The molecule has 2 aromatic rings. The number of rotatable bonds is 4. The van der Waals surface area contributed by atoms with E-state index in [9.17, 15) is 4.79 Å². The number of nitrogens with one attached hydrogen (secondary N) is 1. The Balaban J connectivity index is 1.68. The molecule has 118 valence electrons. The molecule has 1 amide bonds. The number of thioether (sulfide) groups is 1. The summed E-state index contributed by atoms with van der Waals surface area (Å²) in [5, 5.41) is 14.0. The van der Waals surface area contributed by atoms with Crippen molar-refractivity contribution in [1.29, 1.82) is 0 Å². The molecule has 1 atom stereocenters. The molecule has 1 aliphatic heterocycles. The number of amidine groups is 1. The molecule has 2 heterocycles. The van der Waals surface area contributed by atoms with Gasteiger partial charge in [-0.25, -0.2) is 0 Å². The number of hydrogen-bond acceptors (Lipinski definition) is 5. The van der Waals surface area contributed by atoms with Crippen LogP contribution in [0, 0.1) is 0 Å². The standard InChI is InChI=1S/C15H11Cl2N3OS2/c16-11-4-1-5-12(17)10(11)7-13-14(21)19-15(23-13)20-18-8-9-3-2-6-22-9/h1-6,8,13H,7H2,(H,19,20,21)/b18-8-/t13-/m0/s1. The Bertz CT molecular complexity index is 755. The average Bonchev–Trinajstić information content (AvgIpc) is 3.14. The van der Waals surface area contributed by atoms with Crippen LogP contribution in [0.15, 0.2) is 45.9 Å². The fraction of sp³-hybridized carbons (Fsp3) is 0.133. The Hall–Kier alpha value is -1.34. The van der Waals surface area contributed by atoms with Crippen molar-refractivity contribution in [2.24, 2.45) is 10.2 Å². The Kier molecular flexibility index (Phi) is 5.38. The van der Waals surface area contributed by atoms with Crippen LogP contribution in [0.25, 0.3) is 0 Å². The Labute approximate surface area is 151 Å². The van der Waals surface area contributed by atoms with Crippen LogP contribution in [0.4, 0.5) is 0 Å². The van der Waals surface area contributed by atoms with E-state index in [2.05, 4.69) is 15.5 Å². The normalized spacial score (nSPS) is 19.7. The maximum atomic E-state index is 12.1. The fourth-order valence-electron chi connectivity index (χ4n) is 2.00. The molecule has 0 radical (unpaired) electrons. The highest BCUT2D eigenvalue weighted by molar-refractivity contribution is 8.15. The van der Waals surface area contributed by atoms with E-state index in [4.69, 9.17) is 23.2 Å². The highest BCUT2D eigenvalue weighted by Gasteiger charge is 2.31. The van der Waals surface area contributed by atoms with E-state index in [1.165, 1.54) is 11.8 Å². The lowest BCUT2D eigenvalue weighted by Crippen LogP contribution is -2.26. The monoisotopic (exact) mass is 383 g/mol. The topological polar surface area (TPSA) is 53.8 Å². The van der Waals surface area contributed by atoms with Crippen molar-refractivity contribution in [2.45, 2.75) is 11.7 Å². The maximum Gasteiger partial charge on any atom is 0.239 e. The molecule has 1 N–H and O–H groups in total. The van der Waals surface area contributed by atoms with Crippen molar-refractivity contribution >= 4 is 63.6 Å². The first-order valence-electron chi connectivity index (χ1n) is 6.68. The maximum absolute atomic E-state index is 12.1. The Morgan fingerprint density at radius 1 is 1.22 bits per heavy atom. The van der Waals surface area contributed by atoms with E-state index in [0.717, 1.165) is 10.4 Å². The molecule has 1 aromatic heterocycles. The van der Waals surface area contributed by atoms with Gasteiger partial charge >= 0.3 is 0 Å². The highest BCUT2D eigenvalue weighted by atomic mass is 35.5. The van der Waals surface area contributed by atoms with Crippen molar-refractivity contribution in [3.8, 4) is 0 Å². The van der Waals surface area contributed by atoms with Gasteiger partial charge in [0, 0.05) is 14.9 Å².